The summed E-state index contributed by atoms with van der Waals surface area (Å²) in [4.78, 5) is 19.3. The summed E-state index contributed by atoms with van der Waals surface area (Å²) in [5, 5.41) is 18.8. The molecule has 0 radical (unpaired) electrons. The fraction of sp³-hybridized carbons (Fsp3) is 0.304. The Balaban J connectivity index is 1.94. The Labute approximate surface area is 195 Å². The Morgan fingerprint density at radius 2 is 2.06 bits per heavy atom. The smallest absolute Gasteiger partial charge is 0.332 e. The third-order valence-corrected chi connectivity index (χ3v) is 6.32. The maximum atomic E-state index is 13.3. The monoisotopic (exact) mass is 476 g/mol. The molecular weight excluding hydrogens is 452 g/mol. The molecule has 0 bridgehead atoms. The number of amides is 1. The number of amidine groups is 1. The number of carbonyl (C=O) groups excluding carboxylic acids is 1. The Bertz CT molecular complexity index is 1040. The molecule has 3 rings (SSSR count). The number of para-hydroxylation sites is 1. The molecule has 2 aromatic carbocycles. The van der Waals surface area contributed by atoms with Gasteiger partial charge in [0.15, 0.2) is 0 Å². The van der Waals surface area contributed by atoms with E-state index in [-0.39, 0.29) is 21.7 Å². The number of carbonyl (C=O) groups is 1. The molecule has 2 atom stereocenters. The number of hydrogen-bond donors (Lipinski definition) is 2. The summed E-state index contributed by atoms with van der Waals surface area (Å²) in [5.74, 6) is -0.0677. The fourth-order valence-corrected chi connectivity index (χ4v) is 4.54. The largest absolute Gasteiger partial charge is 0.604 e. The molecule has 1 fully saturated rings. The highest BCUT2D eigenvalue weighted by Gasteiger charge is 2.47. The molecule has 2 unspecified atom stereocenters. The number of aryl methyl sites for hydroxylation is 1. The van der Waals surface area contributed by atoms with Crippen molar-refractivity contribution in [1.82, 2.24) is 0 Å². The number of ether oxygens (including phenoxy) is 1. The van der Waals surface area contributed by atoms with Crippen molar-refractivity contribution in [2.24, 2.45) is 4.99 Å². The number of aliphatic hydroxyl groups is 2. The van der Waals surface area contributed by atoms with Crippen molar-refractivity contribution in [3.05, 3.63) is 63.5 Å². The summed E-state index contributed by atoms with van der Waals surface area (Å²) in [7, 11) is 0. The van der Waals surface area contributed by atoms with Gasteiger partial charge in [0.25, 0.3) is 0 Å². The molecule has 2 aromatic rings. The normalized spacial score (nSPS) is 19.8. The zero-order valence-electron chi connectivity index (χ0n) is 17.8. The van der Waals surface area contributed by atoms with Crippen LogP contribution in [-0.4, -0.2) is 51.7 Å². The van der Waals surface area contributed by atoms with Crippen molar-refractivity contribution in [3.63, 3.8) is 0 Å². The van der Waals surface area contributed by atoms with Gasteiger partial charge in [-0.15, -0.1) is 0 Å². The zero-order valence-corrected chi connectivity index (χ0v) is 19.4. The van der Waals surface area contributed by atoms with Crippen molar-refractivity contribution in [2.75, 3.05) is 24.7 Å². The molecule has 2 N–H and O–H groups in total. The van der Waals surface area contributed by atoms with Gasteiger partial charge < -0.3 is 19.5 Å². The molecular formula is C23H25ClN2O5S. The highest BCUT2D eigenvalue weighted by Crippen LogP contribution is 2.34. The number of aliphatic hydroxyl groups excluding tert-OH is 2. The van der Waals surface area contributed by atoms with Gasteiger partial charge in [-0.05, 0) is 42.7 Å². The van der Waals surface area contributed by atoms with Gasteiger partial charge >= 0.3 is 11.1 Å². The number of benzene rings is 2. The van der Waals surface area contributed by atoms with Crippen molar-refractivity contribution in [2.45, 2.75) is 26.4 Å². The minimum atomic E-state index is -1.74. The molecule has 0 aliphatic carbocycles. The number of nitrogens with zero attached hydrogens (tertiary/aromatic N) is 2. The van der Waals surface area contributed by atoms with Crippen LogP contribution >= 0.6 is 11.6 Å². The summed E-state index contributed by atoms with van der Waals surface area (Å²) in [6.07, 6.45) is 1.29. The van der Waals surface area contributed by atoms with Crippen LogP contribution in [0.25, 0.3) is 6.08 Å². The molecule has 1 heterocycles. The van der Waals surface area contributed by atoms with Crippen LogP contribution in [0.3, 0.4) is 0 Å². The van der Waals surface area contributed by atoms with Gasteiger partial charge in [-0.2, -0.15) is 0 Å². The topological polar surface area (TPSA) is 105 Å². The average molecular weight is 477 g/mol. The van der Waals surface area contributed by atoms with Crippen molar-refractivity contribution < 1.29 is 24.3 Å². The van der Waals surface area contributed by atoms with Gasteiger partial charge in [0.05, 0.1) is 28.5 Å². The lowest BCUT2D eigenvalue weighted by Crippen LogP contribution is -2.31. The van der Waals surface area contributed by atoms with Crippen LogP contribution in [-0.2, 0) is 16.0 Å². The van der Waals surface area contributed by atoms with Crippen LogP contribution in [0.5, 0.6) is 5.75 Å². The highest BCUT2D eigenvalue weighted by atomic mass is 35.5. The van der Waals surface area contributed by atoms with Gasteiger partial charge in [0.2, 0.25) is 4.91 Å². The second-order valence-electron chi connectivity index (χ2n) is 7.21. The molecule has 32 heavy (non-hydrogen) atoms. The number of halogens is 1. The third-order valence-electron chi connectivity index (χ3n) is 4.69. The van der Waals surface area contributed by atoms with E-state index in [0.717, 1.165) is 12.0 Å². The summed E-state index contributed by atoms with van der Waals surface area (Å²) >= 11 is 4.52. The molecule has 0 spiro atoms. The SMILES string of the molecule is CCC/N=C1/N(c2ccccc2C)C(=O)/C(=C/c2ccc(OCC(O)CO)c(Cl)c2)[S+]1[O-]. The van der Waals surface area contributed by atoms with Crippen molar-refractivity contribution in [3.8, 4) is 5.75 Å². The lowest BCUT2D eigenvalue weighted by atomic mass is 10.1. The van der Waals surface area contributed by atoms with Gasteiger partial charge in [-0.1, -0.05) is 42.8 Å². The third kappa shape index (κ3) is 5.33. The predicted octanol–water partition coefficient (Wildman–Crippen LogP) is 3.28. The first-order valence-corrected chi connectivity index (χ1v) is 11.7. The molecule has 1 saturated heterocycles. The van der Waals surface area contributed by atoms with E-state index in [4.69, 9.17) is 21.4 Å². The Kier molecular flexibility index (Phi) is 8.33. The van der Waals surface area contributed by atoms with Crippen LogP contribution in [0.1, 0.15) is 24.5 Å². The van der Waals surface area contributed by atoms with Crippen LogP contribution in [0, 0.1) is 6.92 Å². The van der Waals surface area contributed by atoms with E-state index in [9.17, 15) is 14.5 Å². The molecule has 1 aliphatic heterocycles. The Morgan fingerprint density at radius 1 is 1.31 bits per heavy atom. The summed E-state index contributed by atoms with van der Waals surface area (Å²) in [6, 6.07) is 12.2. The molecule has 0 aromatic heterocycles. The highest BCUT2D eigenvalue weighted by molar-refractivity contribution is 8.12. The number of anilines is 1. The van der Waals surface area contributed by atoms with Crippen LogP contribution in [0.4, 0.5) is 5.69 Å². The van der Waals surface area contributed by atoms with E-state index in [0.29, 0.717) is 23.5 Å². The van der Waals surface area contributed by atoms with Crippen LogP contribution < -0.4 is 9.64 Å². The summed E-state index contributed by atoms with van der Waals surface area (Å²) in [5.41, 5.74) is 2.09. The zero-order chi connectivity index (χ0) is 23.3. The van der Waals surface area contributed by atoms with Gasteiger partial charge in [0.1, 0.15) is 18.5 Å². The lowest BCUT2D eigenvalue weighted by Gasteiger charge is -2.15. The van der Waals surface area contributed by atoms with E-state index in [1.807, 2.05) is 32.0 Å². The van der Waals surface area contributed by atoms with E-state index in [1.165, 1.54) is 11.0 Å². The second-order valence-corrected chi connectivity index (χ2v) is 8.96. The minimum Gasteiger partial charge on any atom is -0.604 e. The Hall–Kier alpha value is -2.36. The van der Waals surface area contributed by atoms with Gasteiger partial charge in [-0.25, -0.2) is 9.89 Å². The standard InChI is InChI=1S/C23H25ClN2O5S/c1-3-10-25-23-26(19-7-5-4-6-15(19)2)22(29)21(32(23)30)12-16-8-9-20(18(24)11-16)31-14-17(28)13-27/h4-9,11-12,17,27-28H,3,10,13-14H2,1-2H3/b21-12-,25-23-. The van der Waals surface area contributed by atoms with Gasteiger partial charge in [-0.3, -0.25) is 4.79 Å². The van der Waals surface area contributed by atoms with Gasteiger partial charge in [0, 0.05) is 12.6 Å². The lowest BCUT2D eigenvalue weighted by molar-refractivity contribution is -0.113. The maximum absolute atomic E-state index is 13.3. The first-order valence-electron chi connectivity index (χ1n) is 10.2. The molecule has 170 valence electrons. The second kappa shape index (κ2) is 11.0. The molecule has 7 nitrogen and oxygen atoms in total. The summed E-state index contributed by atoms with van der Waals surface area (Å²) in [6.45, 7) is 3.78. The van der Waals surface area contributed by atoms with E-state index in [2.05, 4.69) is 4.99 Å². The molecule has 9 heteroatoms. The van der Waals surface area contributed by atoms with E-state index < -0.39 is 29.8 Å². The minimum absolute atomic E-state index is 0.109. The molecule has 0 saturated carbocycles. The average Bonchev–Trinajstić information content (AvgIpc) is 3.01. The maximum Gasteiger partial charge on any atom is 0.332 e. The predicted molar refractivity (Wildman–Crippen MR) is 127 cm³/mol. The van der Waals surface area contributed by atoms with E-state index >= 15 is 0 Å². The van der Waals surface area contributed by atoms with Crippen LogP contribution in [0.15, 0.2) is 52.4 Å². The van der Waals surface area contributed by atoms with E-state index in [1.54, 1.807) is 24.3 Å². The molecule has 1 amide bonds. The fourth-order valence-electron chi connectivity index (χ4n) is 3.05. The van der Waals surface area contributed by atoms with Crippen molar-refractivity contribution in [1.29, 1.82) is 0 Å². The van der Waals surface area contributed by atoms with Crippen LogP contribution in [0.2, 0.25) is 5.02 Å². The number of aliphatic imine (C=N–C) groups is 1. The first kappa shape index (κ1) is 24.3. The Morgan fingerprint density at radius 3 is 2.72 bits per heavy atom. The summed E-state index contributed by atoms with van der Waals surface area (Å²) < 4.78 is 18.6. The number of rotatable bonds is 8. The quantitative estimate of drug-likeness (QED) is 0.449. The number of hydrogen-bond acceptors (Lipinski definition) is 6. The first-order chi connectivity index (χ1) is 15.4. The molecule has 1 aliphatic rings. The van der Waals surface area contributed by atoms with Crippen molar-refractivity contribution >= 4 is 45.6 Å².